The molecule has 0 amide bonds. The van der Waals surface area contributed by atoms with E-state index in [1.54, 1.807) is 12.1 Å². The number of ether oxygens (including phenoxy) is 1. The Kier molecular flexibility index (Phi) is 4.42. The maximum absolute atomic E-state index is 12.4. The van der Waals surface area contributed by atoms with Crippen molar-refractivity contribution in [3.8, 4) is 0 Å². The van der Waals surface area contributed by atoms with Crippen LogP contribution >= 0.6 is 0 Å². The summed E-state index contributed by atoms with van der Waals surface area (Å²) in [7, 11) is 0. The summed E-state index contributed by atoms with van der Waals surface area (Å²) in [6.07, 6.45) is 2.57. The van der Waals surface area contributed by atoms with Crippen LogP contribution in [0.4, 0.5) is 5.69 Å². The molecule has 1 heterocycles. The van der Waals surface area contributed by atoms with Crippen molar-refractivity contribution in [3.05, 3.63) is 81.9 Å². The number of non-ortho nitro benzene ring substituents is 1. The SMILES string of the molecule is CC[C@@H]1C(=O)OC(c2ccccc2)=C[C@H]1c1ccc([N+](=O)[O-])cc1. The van der Waals surface area contributed by atoms with Crippen molar-refractivity contribution >= 4 is 17.4 Å². The highest BCUT2D eigenvalue weighted by atomic mass is 16.6. The van der Waals surface area contributed by atoms with Crippen molar-refractivity contribution in [1.29, 1.82) is 0 Å². The molecule has 0 radical (unpaired) electrons. The molecule has 0 aliphatic carbocycles. The van der Waals surface area contributed by atoms with Gasteiger partial charge in [-0.05, 0) is 18.1 Å². The van der Waals surface area contributed by atoms with E-state index in [2.05, 4.69) is 0 Å². The Labute approximate surface area is 139 Å². The fourth-order valence-corrected chi connectivity index (χ4v) is 2.97. The third-order valence-electron chi connectivity index (χ3n) is 4.26. The van der Waals surface area contributed by atoms with E-state index >= 15 is 0 Å². The second kappa shape index (κ2) is 6.66. The molecule has 0 fully saturated rings. The summed E-state index contributed by atoms with van der Waals surface area (Å²) < 4.78 is 5.50. The molecule has 1 aliphatic rings. The Morgan fingerprint density at radius 2 is 1.75 bits per heavy atom. The van der Waals surface area contributed by atoms with E-state index in [-0.39, 0.29) is 23.5 Å². The predicted molar refractivity (Wildman–Crippen MR) is 90.1 cm³/mol. The van der Waals surface area contributed by atoms with Gasteiger partial charge in [0, 0.05) is 23.6 Å². The molecule has 0 saturated carbocycles. The predicted octanol–water partition coefficient (Wildman–Crippen LogP) is 4.30. The van der Waals surface area contributed by atoms with Gasteiger partial charge in [-0.15, -0.1) is 0 Å². The minimum Gasteiger partial charge on any atom is -0.426 e. The molecular weight excluding hydrogens is 306 g/mol. The number of carbonyl (C=O) groups is 1. The van der Waals surface area contributed by atoms with Crippen molar-refractivity contribution in [1.82, 2.24) is 0 Å². The molecule has 5 heteroatoms. The highest BCUT2D eigenvalue weighted by Crippen LogP contribution is 2.38. The van der Waals surface area contributed by atoms with Crippen LogP contribution in [0.3, 0.4) is 0 Å². The fraction of sp³-hybridized carbons (Fsp3) is 0.211. The number of carbonyl (C=O) groups excluding carboxylic acids is 1. The molecular formula is C19H17NO4. The summed E-state index contributed by atoms with van der Waals surface area (Å²) in [6, 6.07) is 15.8. The number of cyclic esters (lactones) is 1. The minimum absolute atomic E-state index is 0.0393. The molecule has 5 nitrogen and oxygen atoms in total. The molecule has 2 aromatic rings. The first-order chi connectivity index (χ1) is 11.6. The van der Waals surface area contributed by atoms with E-state index < -0.39 is 4.92 Å². The van der Waals surface area contributed by atoms with Gasteiger partial charge in [0.1, 0.15) is 5.76 Å². The van der Waals surface area contributed by atoms with Crippen LogP contribution in [-0.2, 0) is 9.53 Å². The molecule has 0 unspecified atom stereocenters. The second-order valence-electron chi connectivity index (χ2n) is 5.71. The van der Waals surface area contributed by atoms with Gasteiger partial charge in [0.2, 0.25) is 0 Å². The number of nitro groups is 1. The molecule has 1 aliphatic heterocycles. The highest BCUT2D eigenvalue weighted by Gasteiger charge is 2.34. The van der Waals surface area contributed by atoms with Crippen molar-refractivity contribution in [2.45, 2.75) is 19.3 Å². The van der Waals surface area contributed by atoms with Gasteiger partial charge in [-0.2, -0.15) is 0 Å². The van der Waals surface area contributed by atoms with Gasteiger partial charge in [0.15, 0.2) is 0 Å². The van der Waals surface area contributed by atoms with E-state index in [1.165, 1.54) is 12.1 Å². The summed E-state index contributed by atoms with van der Waals surface area (Å²) in [5, 5.41) is 10.8. The normalized spacial score (nSPS) is 20.2. The minimum atomic E-state index is -0.429. The van der Waals surface area contributed by atoms with E-state index in [0.29, 0.717) is 12.2 Å². The summed E-state index contributed by atoms with van der Waals surface area (Å²) in [4.78, 5) is 22.8. The third-order valence-corrected chi connectivity index (χ3v) is 4.26. The van der Waals surface area contributed by atoms with Crippen LogP contribution in [0.15, 0.2) is 60.7 Å². The third kappa shape index (κ3) is 3.06. The van der Waals surface area contributed by atoms with E-state index in [0.717, 1.165) is 11.1 Å². The first-order valence-electron chi connectivity index (χ1n) is 7.83. The fourth-order valence-electron chi connectivity index (χ4n) is 2.97. The monoisotopic (exact) mass is 323 g/mol. The molecule has 24 heavy (non-hydrogen) atoms. The smallest absolute Gasteiger partial charge is 0.315 e. The average Bonchev–Trinajstić information content (AvgIpc) is 2.62. The number of rotatable bonds is 4. The van der Waals surface area contributed by atoms with Gasteiger partial charge in [-0.3, -0.25) is 14.9 Å². The van der Waals surface area contributed by atoms with Crippen LogP contribution in [0.2, 0.25) is 0 Å². The van der Waals surface area contributed by atoms with Crippen LogP contribution in [0.1, 0.15) is 30.4 Å². The van der Waals surface area contributed by atoms with Crippen LogP contribution in [-0.4, -0.2) is 10.9 Å². The zero-order valence-electron chi connectivity index (χ0n) is 13.2. The number of allylic oxidation sites excluding steroid dienone is 1. The maximum atomic E-state index is 12.4. The molecule has 0 spiro atoms. The summed E-state index contributed by atoms with van der Waals surface area (Å²) in [6.45, 7) is 1.94. The summed E-state index contributed by atoms with van der Waals surface area (Å²) in [5.41, 5.74) is 1.75. The molecule has 0 saturated heterocycles. The van der Waals surface area contributed by atoms with Gasteiger partial charge in [0.05, 0.1) is 10.8 Å². The maximum Gasteiger partial charge on any atom is 0.315 e. The molecule has 3 rings (SSSR count). The Hall–Kier alpha value is -2.95. The lowest BCUT2D eigenvalue weighted by Crippen LogP contribution is -2.27. The van der Waals surface area contributed by atoms with Gasteiger partial charge >= 0.3 is 5.97 Å². The Morgan fingerprint density at radius 1 is 1.08 bits per heavy atom. The van der Waals surface area contributed by atoms with Gasteiger partial charge in [-0.1, -0.05) is 49.4 Å². The summed E-state index contributed by atoms with van der Waals surface area (Å²) in [5.74, 6) is -0.179. The topological polar surface area (TPSA) is 69.4 Å². The average molecular weight is 323 g/mol. The van der Waals surface area contributed by atoms with Crippen LogP contribution in [0.25, 0.3) is 5.76 Å². The molecule has 0 N–H and O–H groups in total. The molecule has 2 aromatic carbocycles. The molecule has 0 bridgehead atoms. The van der Waals surface area contributed by atoms with Crippen molar-refractivity contribution < 1.29 is 14.5 Å². The van der Waals surface area contributed by atoms with E-state index in [9.17, 15) is 14.9 Å². The highest BCUT2D eigenvalue weighted by molar-refractivity contribution is 5.84. The first kappa shape index (κ1) is 15.9. The van der Waals surface area contributed by atoms with Crippen molar-refractivity contribution in [2.75, 3.05) is 0 Å². The number of nitrogens with zero attached hydrogens (tertiary/aromatic N) is 1. The zero-order valence-corrected chi connectivity index (χ0v) is 13.2. The number of hydrogen-bond donors (Lipinski definition) is 0. The van der Waals surface area contributed by atoms with Crippen molar-refractivity contribution in [2.24, 2.45) is 5.92 Å². The van der Waals surface area contributed by atoms with Crippen LogP contribution in [0, 0.1) is 16.0 Å². The second-order valence-corrected chi connectivity index (χ2v) is 5.71. The van der Waals surface area contributed by atoms with Crippen molar-refractivity contribution in [3.63, 3.8) is 0 Å². The standard InChI is InChI=1S/C19H17NO4/c1-2-16-17(13-8-10-15(11-9-13)20(22)23)12-18(24-19(16)21)14-6-4-3-5-7-14/h3-12,16-17H,2H2,1H3/t16-,17-/m0/s1. The van der Waals surface area contributed by atoms with Gasteiger partial charge in [-0.25, -0.2) is 0 Å². The lowest BCUT2D eigenvalue weighted by atomic mass is 9.82. The number of esters is 1. The van der Waals surface area contributed by atoms with Crippen LogP contribution in [0.5, 0.6) is 0 Å². The summed E-state index contributed by atoms with van der Waals surface area (Å²) >= 11 is 0. The largest absolute Gasteiger partial charge is 0.426 e. The lowest BCUT2D eigenvalue weighted by Gasteiger charge is -2.28. The Bertz CT molecular complexity index is 781. The van der Waals surface area contributed by atoms with Crippen LogP contribution < -0.4 is 0 Å². The number of benzene rings is 2. The number of hydrogen-bond acceptors (Lipinski definition) is 4. The van der Waals surface area contributed by atoms with E-state index in [1.807, 2.05) is 43.3 Å². The number of nitro benzene ring substituents is 1. The Balaban J connectivity index is 2.01. The zero-order chi connectivity index (χ0) is 17.1. The molecule has 2 atom stereocenters. The molecule has 122 valence electrons. The van der Waals surface area contributed by atoms with Gasteiger partial charge in [0.25, 0.3) is 5.69 Å². The molecule has 0 aromatic heterocycles. The van der Waals surface area contributed by atoms with E-state index in [4.69, 9.17) is 4.74 Å². The Morgan fingerprint density at radius 3 is 2.33 bits per heavy atom. The van der Waals surface area contributed by atoms with Gasteiger partial charge < -0.3 is 4.74 Å². The lowest BCUT2D eigenvalue weighted by molar-refractivity contribution is -0.384. The quantitative estimate of drug-likeness (QED) is 0.478. The first-order valence-corrected chi connectivity index (χ1v) is 7.83.